The monoisotopic (exact) mass is 307 g/mol. The fourth-order valence-corrected chi connectivity index (χ4v) is 4.20. The summed E-state index contributed by atoms with van der Waals surface area (Å²) in [6.45, 7) is 5.47. The maximum absolute atomic E-state index is 12.1. The molecule has 0 aromatic carbocycles. The van der Waals surface area contributed by atoms with E-state index in [0.717, 1.165) is 18.7 Å². The first kappa shape index (κ1) is 13.7. The van der Waals surface area contributed by atoms with Gasteiger partial charge in [0.1, 0.15) is 0 Å². The quantitative estimate of drug-likeness (QED) is 0.948. The van der Waals surface area contributed by atoms with Crippen molar-refractivity contribution in [2.45, 2.75) is 26.3 Å². The van der Waals surface area contributed by atoms with Crippen molar-refractivity contribution in [2.75, 3.05) is 18.4 Å². The van der Waals surface area contributed by atoms with E-state index in [-0.39, 0.29) is 5.91 Å². The zero-order valence-electron chi connectivity index (χ0n) is 11.5. The number of hydrogen-bond acceptors (Lipinski definition) is 5. The van der Waals surface area contributed by atoms with E-state index in [9.17, 15) is 4.79 Å². The van der Waals surface area contributed by atoms with Crippen LogP contribution in [0.2, 0.25) is 0 Å². The van der Waals surface area contributed by atoms with E-state index in [1.54, 1.807) is 0 Å². The van der Waals surface area contributed by atoms with Gasteiger partial charge in [-0.05, 0) is 37.3 Å². The van der Waals surface area contributed by atoms with Crippen LogP contribution in [0.25, 0.3) is 0 Å². The molecule has 0 radical (unpaired) electrons. The molecule has 1 aliphatic heterocycles. The number of rotatable bonds is 3. The Bertz CT molecular complexity index is 619. The first-order valence-corrected chi connectivity index (χ1v) is 8.41. The number of nitrogens with one attached hydrogen (secondary N) is 1. The molecule has 0 saturated carbocycles. The third-order valence-electron chi connectivity index (χ3n) is 3.62. The number of carbonyl (C=O) groups excluding carboxylic acids is 1. The van der Waals surface area contributed by atoms with Crippen LogP contribution in [0, 0.1) is 6.92 Å². The van der Waals surface area contributed by atoms with E-state index in [1.165, 1.54) is 21.8 Å². The van der Waals surface area contributed by atoms with E-state index in [2.05, 4.69) is 33.6 Å². The Labute approximate surface area is 126 Å². The fraction of sp³-hybridized carbons (Fsp3) is 0.429. The van der Waals surface area contributed by atoms with Crippen LogP contribution >= 0.6 is 22.7 Å². The van der Waals surface area contributed by atoms with Gasteiger partial charge in [0.05, 0.1) is 12.2 Å². The van der Waals surface area contributed by atoms with Crippen molar-refractivity contribution in [3.63, 3.8) is 0 Å². The summed E-state index contributed by atoms with van der Waals surface area (Å²) in [6.07, 6.45) is 1.04. The Kier molecular flexibility index (Phi) is 3.87. The van der Waals surface area contributed by atoms with E-state index >= 15 is 0 Å². The lowest BCUT2D eigenvalue weighted by atomic mass is 10.0. The Hall–Kier alpha value is -1.24. The molecule has 1 N–H and O–H groups in total. The van der Waals surface area contributed by atoms with Crippen LogP contribution in [0.15, 0.2) is 16.8 Å². The molecule has 0 spiro atoms. The minimum absolute atomic E-state index is 0.0184. The number of nitrogens with zero attached hydrogens (tertiary/aromatic N) is 2. The van der Waals surface area contributed by atoms with Crippen LogP contribution in [-0.2, 0) is 11.2 Å². The number of amides is 1. The zero-order chi connectivity index (χ0) is 14.1. The Balaban J connectivity index is 1.62. The number of aryl methyl sites for hydroxylation is 1. The number of thiazole rings is 1. The van der Waals surface area contributed by atoms with Crippen LogP contribution in [0.4, 0.5) is 5.13 Å². The van der Waals surface area contributed by atoms with Gasteiger partial charge in [-0.3, -0.25) is 9.69 Å². The Morgan fingerprint density at radius 3 is 3.15 bits per heavy atom. The summed E-state index contributed by atoms with van der Waals surface area (Å²) in [5.41, 5.74) is 2.32. The molecule has 0 aliphatic carbocycles. The van der Waals surface area contributed by atoms with Crippen LogP contribution in [-0.4, -0.2) is 28.9 Å². The van der Waals surface area contributed by atoms with Gasteiger partial charge in [-0.1, -0.05) is 0 Å². The largest absolute Gasteiger partial charge is 0.301 e. The molecule has 0 fully saturated rings. The van der Waals surface area contributed by atoms with Crippen molar-refractivity contribution >= 4 is 33.7 Å². The molecule has 1 unspecified atom stereocenters. The van der Waals surface area contributed by atoms with Gasteiger partial charge in [0.25, 0.3) is 0 Å². The van der Waals surface area contributed by atoms with Crippen molar-refractivity contribution < 1.29 is 4.79 Å². The molecule has 6 heteroatoms. The Morgan fingerprint density at radius 2 is 2.40 bits per heavy atom. The maximum Gasteiger partial charge on any atom is 0.240 e. The standard InChI is InChI=1S/C14H17N3OS2/c1-9-8-20-14(15-9)16-13(18)7-17-5-3-12-11(10(17)2)4-6-19-12/h4,6,8,10H,3,5,7H2,1-2H3,(H,15,16,18). The molecule has 3 heterocycles. The molecule has 4 nitrogen and oxygen atoms in total. The molecule has 0 bridgehead atoms. The van der Waals surface area contributed by atoms with Gasteiger partial charge in [-0.2, -0.15) is 0 Å². The first-order chi connectivity index (χ1) is 9.63. The maximum atomic E-state index is 12.1. The molecule has 1 amide bonds. The van der Waals surface area contributed by atoms with Gasteiger partial charge < -0.3 is 5.32 Å². The molecule has 3 rings (SSSR count). The SMILES string of the molecule is Cc1csc(NC(=O)CN2CCc3sccc3C2C)n1. The lowest BCUT2D eigenvalue weighted by Crippen LogP contribution is -2.39. The van der Waals surface area contributed by atoms with E-state index in [0.29, 0.717) is 17.7 Å². The normalized spacial score (nSPS) is 18.8. The van der Waals surface area contributed by atoms with Crippen LogP contribution in [0.1, 0.15) is 29.1 Å². The van der Waals surface area contributed by atoms with E-state index in [1.807, 2.05) is 23.6 Å². The number of fused-ring (bicyclic) bond motifs is 1. The topological polar surface area (TPSA) is 45.2 Å². The van der Waals surface area contributed by atoms with E-state index in [4.69, 9.17) is 0 Å². The minimum atomic E-state index is 0.0184. The molecule has 1 aliphatic rings. The van der Waals surface area contributed by atoms with Gasteiger partial charge in [-0.25, -0.2) is 4.98 Å². The summed E-state index contributed by atoms with van der Waals surface area (Å²) < 4.78 is 0. The number of aromatic nitrogens is 1. The minimum Gasteiger partial charge on any atom is -0.301 e. The molecular formula is C14H17N3OS2. The average Bonchev–Trinajstić information content (AvgIpc) is 3.02. The molecule has 0 saturated heterocycles. The second kappa shape index (κ2) is 5.63. The average molecular weight is 307 g/mol. The fourth-order valence-electron chi connectivity index (χ4n) is 2.53. The lowest BCUT2D eigenvalue weighted by molar-refractivity contribution is -0.117. The lowest BCUT2D eigenvalue weighted by Gasteiger charge is -2.32. The third-order valence-corrected chi connectivity index (χ3v) is 5.49. The highest BCUT2D eigenvalue weighted by atomic mass is 32.1. The Morgan fingerprint density at radius 1 is 1.55 bits per heavy atom. The summed E-state index contributed by atoms with van der Waals surface area (Å²) in [7, 11) is 0. The number of hydrogen-bond donors (Lipinski definition) is 1. The third kappa shape index (κ3) is 2.77. The van der Waals surface area contributed by atoms with Gasteiger partial charge in [-0.15, -0.1) is 22.7 Å². The van der Waals surface area contributed by atoms with Crippen molar-refractivity contribution in [1.29, 1.82) is 0 Å². The molecule has 1 atom stereocenters. The van der Waals surface area contributed by atoms with Gasteiger partial charge in [0.15, 0.2) is 5.13 Å². The summed E-state index contributed by atoms with van der Waals surface area (Å²) >= 11 is 3.29. The van der Waals surface area contributed by atoms with Gasteiger partial charge >= 0.3 is 0 Å². The molecule has 106 valence electrons. The molecular weight excluding hydrogens is 290 g/mol. The van der Waals surface area contributed by atoms with Crippen LogP contribution in [0.5, 0.6) is 0 Å². The first-order valence-electron chi connectivity index (χ1n) is 6.66. The van der Waals surface area contributed by atoms with Crippen molar-refractivity contribution in [3.05, 3.63) is 33.0 Å². The van der Waals surface area contributed by atoms with Crippen LogP contribution in [0.3, 0.4) is 0 Å². The van der Waals surface area contributed by atoms with Crippen molar-refractivity contribution in [3.8, 4) is 0 Å². The summed E-state index contributed by atoms with van der Waals surface area (Å²) in [5.74, 6) is 0.0184. The highest BCUT2D eigenvalue weighted by Gasteiger charge is 2.26. The van der Waals surface area contributed by atoms with Gasteiger partial charge in [0.2, 0.25) is 5.91 Å². The van der Waals surface area contributed by atoms with Crippen molar-refractivity contribution in [2.24, 2.45) is 0 Å². The zero-order valence-corrected chi connectivity index (χ0v) is 13.2. The number of carbonyl (C=O) groups is 1. The molecule has 2 aromatic rings. The highest BCUT2D eigenvalue weighted by Crippen LogP contribution is 2.32. The summed E-state index contributed by atoms with van der Waals surface area (Å²) in [6, 6.07) is 2.49. The van der Waals surface area contributed by atoms with E-state index < -0.39 is 0 Å². The molecule has 2 aromatic heterocycles. The predicted octanol–water partition coefficient (Wildman–Crippen LogP) is 3.07. The van der Waals surface area contributed by atoms with Crippen molar-refractivity contribution in [1.82, 2.24) is 9.88 Å². The number of thiophene rings is 1. The second-order valence-corrected chi connectivity index (χ2v) is 6.90. The van der Waals surface area contributed by atoms with Gasteiger partial charge in [0, 0.05) is 22.8 Å². The smallest absolute Gasteiger partial charge is 0.240 e. The second-order valence-electron chi connectivity index (χ2n) is 5.04. The van der Waals surface area contributed by atoms with Crippen LogP contribution < -0.4 is 5.32 Å². The summed E-state index contributed by atoms with van der Waals surface area (Å²) in [4.78, 5) is 20.1. The summed E-state index contributed by atoms with van der Waals surface area (Å²) in [5, 5.41) is 7.65. The molecule has 20 heavy (non-hydrogen) atoms. The highest BCUT2D eigenvalue weighted by molar-refractivity contribution is 7.13. The predicted molar refractivity (Wildman–Crippen MR) is 83.5 cm³/mol. The number of anilines is 1.